The lowest BCUT2D eigenvalue weighted by molar-refractivity contribution is -0.146. The number of esters is 1. The highest BCUT2D eigenvalue weighted by Gasteiger charge is 2.30. The second-order valence-electron chi connectivity index (χ2n) is 7.52. The topological polar surface area (TPSA) is 114 Å². The normalized spacial score (nSPS) is 13.3. The quantitative estimate of drug-likeness (QED) is 0.488. The zero-order valence-electron chi connectivity index (χ0n) is 18.5. The van der Waals surface area contributed by atoms with Gasteiger partial charge in [-0.25, -0.2) is 9.59 Å². The maximum atomic E-state index is 13.0. The second kappa shape index (κ2) is 12.3. The highest BCUT2D eigenvalue weighted by Crippen LogP contribution is 2.13. The standard InChI is InChI=1S/C24H30N2O6/c1-4-16(2)21(23(29)31-3)26-22(28)20(14-17-10-12-19(27)13-11-17)25-24(30)32-15-18-8-6-5-7-9-18/h5-13,16,20-21,27H,4,14-15H2,1-3H3,(H,25,30)(H,26,28)/t16-,20+,21-/m0/s1. The smallest absolute Gasteiger partial charge is 0.408 e. The highest BCUT2D eigenvalue weighted by molar-refractivity contribution is 5.90. The molecular formula is C24H30N2O6. The SMILES string of the molecule is CC[C@H](C)[C@H](NC(=O)[C@@H](Cc1ccc(O)cc1)NC(=O)OCc1ccccc1)C(=O)OC. The number of benzene rings is 2. The van der Waals surface area contributed by atoms with Crippen molar-refractivity contribution in [1.29, 1.82) is 0 Å². The van der Waals surface area contributed by atoms with Gasteiger partial charge >= 0.3 is 12.1 Å². The van der Waals surface area contributed by atoms with Gasteiger partial charge in [0.2, 0.25) is 5.91 Å². The lowest BCUT2D eigenvalue weighted by atomic mass is 9.98. The number of nitrogens with one attached hydrogen (secondary N) is 2. The first kappa shape index (κ1) is 24.7. The molecule has 0 unspecified atom stereocenters. The van der Waals surface area contributed by atoms with Crippen LogP contribution in [0.25, 0.3) is 0 Å². The van der Waals surface area contributed by atoms with Crippen LogP contribution in [0.15, 0.2) is 54.6 Å². The Morgan fingerprint density at radius 1 is 0.969 bits per heavy atom. The number of carbonyl (C=O) groups excluding carboxylic acids is 3. The molecule has 172 valence electrons. The van der Waals surface area contributed by atoms with Crippen molar-refractivity contribution in [1.82, 2.24) is 10.6 Å². The van der Waals surface area contributed by atoms with E-state index in [1.807, 2.05) is 44.2 Å². The van der Waals surface area contributed by atoms with Crippen molar-refractivity contribution in [3.63, 3.8) is 0 Å². The fourth-order valence-corrected chi connectivity index (χ4v) is 3.03. The summed E-state index contributed by atoms with van der Waals surface area (Å²) in [6.45, 7) is 3.79. The van der Waals surface area contributed by atoms with E-state index < -0.39 is 30.1 Å². The molecule has 0 bridgehead atoms. The lowest BCUT2D eigenvalue weighted by Crippen LogP contribution is -2.54. The van der Waals surface area contributed by atoms with Gasteiger partial charge in [0.05, 0.1) is 7.11 Å². The predicted octanol–water partition coefficient (Wildman–Crippen LogP) is 2.93. The number of phenolic OH excluding ortho intramolecular Hbond substituents is 1. The minimum atomic E-state index is -1.00. The number of rotatable bonds is 10. The van der Waals surface area contributed by atoms with Crippen LogP contribution in [-0.2, 0) is 32.1 Å². The summed E-state index contributed by atoms with van der Waals surface area (Å²) in [6, 6.07) is 13.6. The van der Waals surface area contributed by atoms with Gasteiger partial charge in [0.1, 0.15) is 24.4 Å². The summed E-state index contributed by atoms with van der Waals surface area (Å²) in [6.07, 6.45) is 0.0295. The molecule has 0 saturated carbocycles. The third kappa shape index (κ3) is 7.61. The van der Waals surface area contributed by atoms with E-state index in [1.165, 1.54) is 19.2 Å². The van der Waals surface area contributed by atoms with Crippen LogP contribution in [0.5, 0.6) is 5.75 Å². The van der Waals surface area contributed by atoms with Crippen LogP contribution in [0.4, 0.5) is 4.79 Å². The van der Waals surface area contributed by atoms with E-state index in [1.54, 1.807) is 12.1 Å². The molecule has 3 N–H and O–H groups in total. The number of alkyl carbamates (subject to hydrolysis) is 1. The van der Waals surface area contributed by atoms with Crippen LogP contribution in [0.1, 0.15) is 31.4 Å². The minimum absolute atomic E-state index is 0.0534. The Kier molecular flexibility index (Phi) is 9.53. The molecule has 0 radical (unpaired) electrons. The van der Waals surface area contributed by atoms with Crippen molar-refractivity contribution < 1.29 is 29.0 Å². The van der Waals surface area contributed by atoms with Crippen molar-refractivity contribution in [2.24, 2.45) is 5.92 Å². The molecule has 0 aliphatic rings. The van der Waals surface area contributed by atoms with Crippen LogP contribution in [-0.4, -0.2) is 42.3 Å². The first-order chi connectivity index (χ1) is 15.3. The van der Waals surface area contributed by atoms with Gasteiger partial charge in [-0.05, 0) is 29.2 Å². The Labute approximate surface area is 187 Å². The molecule has 0 aliphatic carbocycles. The molecule has 2 amide bonds. The molecule has 8 nitrogen and oxygen atoms in total. The molecule has 0 heterocycles. The largest absolute Gasteiger partial charge is 0.508 e. The Balaban J connectivity index is 2.12. The van der Waals surface area contributed by atoms with E-state index in [0.717, 1.165) is 5.56 Å². The monoisotopic (exact) mass is 442 g/mol. The maximum Gasteiger partial charge on any atom is 0.408 e. The van der Waals surface area contributed by atoms with Crippen molar-refractivity contribution in [2.45, 2.75) is 45.4 Å². The van der Waals surface area contributed by atoms with Gasteiger partial charge in [-0.2, -0.15) is 0 Å². The van der Waals surface area contributed by atoms with Gasteiger partial charge in [0, 0.05) is 6.42 Å². The Hall–Kier alpha value is -3.55. The summed E-state index contributed by atoms with van der Waals surface area (Å²) in [5.74, 6) is -1.16. The summed E-state index contributed by atoms with van der Waals surface area (Å²) in [5, 5.41) is 14.8. The van der Waals surface area contributed by atoms with Crippen molar-refractivity contribution in [2.75, 3.05) is 7.11 Å². The van der Waals surface area contributed by atoms with E-state index in [2.05, 4.69) is 10.6 Å². The highest BCUT2D eigenvalue weighted by atomic mass is 16.5. The van der Waals surface area contributed by atoms with Crippen LogP contribution in [0.2, 0.25) is 0 Å². The predicted molar refractivity (Wildman–Crippen MR) is 119 cm³/mol. The number of hydrogen-bond acceptors (Lipinski definition) is 6. The van der Waals surface area contributed by atoms with Crippen LogP contribution in [0.3, 0.4) is 0 Å². The molecule has 0 fully saturated rings. The Morgan fingerprint density at radius 3 is 2.22 bits per heavy atom. The number of phenols is 1. The van der Waals surface area contributed by atoms with E-state index in [-0.39, 0.29) is 24.7 Å². The third-order valence-electron chi connectivity index (χ3n) is 5.16. The maximum absolute atomic E-state index is 13.0. The number of aromatic hydroxyl groups is 1. The summed E-state index contributed by atoms with van der Waals surface area (Å²) >= 11 is 0. The lowest BCUT2D eigenvalue weighted by Gasteiger charge is -2.25. The van der Waals surface area contributed by atoms with Crippen molar-refractivity contribution in [3.05, 3.63) is 65.7 Å². The van der Waals surface area contributed by atoms with E-state index in [4.69, 9.17) is 9.47 Å². The molecule has 2 aromatic rings. The summed E-state index contributed by atoms with van der Waals surface area (Å²) in [4.78, 5) is 37.6. The second-order valence-corrected chi connectivity index (χ2v) is 7.52. The fourth-order valence-electron chi connectivity index (χ4n) is 3.03. The van der Waals surface area contributed by atoms with Gasteiger partial charge in [-0.15, -0.1) is 0 Å². The van der Waals surface area contributed by atoms with Crippen molar-refractivity contribution >= 4 is 18.0 Å². The number of methoxy groups -OCH3 is 1. The van der Waals surface area contributed by atoms with Gasteiger partial charge in [0.25, 0.3) is 0 Å². The van der Waals surface area contributed by atoms with Gasteiger partial charge in [-0.1, -0.05) is 62.7 Å². The average Bonchev–Trinajstić information content (AvgIpc) is 2.81. The first-order valence-corrected chi connectivity index (χ1v) is 10.5. The Morgan fingerprint density at radius 2 is 1.62 bits per heavy atom. The van der Waals surface area contributed by atoms with E-state index in [0.29, 0.717) is 12.0 Å². The summed E-state index contributed by atoms with van der Waals surface area (Å²) in [5.41, 5.74) is 1.52. The van der Waals surface area contributed by atoms with E-state index >= 15 is 0 Å². The number of carbonyl (C=O) groups is 3. The van der Waals surface area contributed by atoms with Crippen LogP contribution < -0.4 is 10.6 Å². The number of hydrogen-bond donors (Lipinski definition) is 3. The first-order valence-electron chi connectivity index (χ1n) is 10.5. The average molecular weight is 443 g/mol. The molecule has 2 aromatic carbocycles. The van der Waals surface area contributed by atoms with Crippen LogP contribution in [0, 0.1) is 5.92 Å². The zero-order valence-corrected chi connectivity index (χ0v) is 18.5. The molecule has 3 atom stereocenters. The molecule has 0 saturated heterocycles. The molecule has 2 rings (SSSR count). The molecule has 0 aliphatic heterocycles. The summed E-state index contributed by atoms with van der Waals surface area (Å²) < 4.78 is 10.1. The molecular weight excluding hydrogens is 412 g/mol. The van der Waals surface area contributed by atoms with Gasteiger partial charge < -0.3 is 25.2 Å². The minimum Gasteiger partial charge on any atom is -0.508 e. The molecule has 0 spiro atoms. The molecule has 8 heteroatoms. The van der Waals surface area contributed by atoms with Gasteiger partial charge in [-0.3, -0.25) is 4.79 Å². The van der Waals surface area contributed by atoms with E-state index in [9.17, 15) is 19.5 Å². The molecule has 0 aromatic heterocycles. The van der Waals surface area contributed by atoms with Crippen molar-refractivity contribution in [3.8, 4) is 5.75 Å². The van der Waals surface area contributed by atoms with Gasteiger partial charge in [0.15, 0.2) is 0 Å². The number of ether oxygens (including phenoxy) is 2. The van der Waals surface area contributed by atoms with Crippen LogP contribution >= 0.6 is 0 Å². The summed E-state index contributed by atoms with van der Waals surface area (Å²) in [7, 11) is 1.26. The number of amides is 2. The molecule has 32 heavy (non-hydrogen) atoms. The Bertz CT molecular complexity index is 885. The zero-order chi connectivity index (χ0) is 23.5. The third-order valence-corrected chi connectivity index (χ3v) is 5.16. The fraction of sp³-hybridized carbons (Fsp3) is 0.375.